The number of aryl methyl sites for hydroxylation is 1. The number of nitrogens with one attached hydrogen (secondary N) is 1. The third kappa shape index (κ3) is 3.08. The van der Waals surface area contributed by atoms with Crippen LogP contribution in [0.15, 0.2) is 47.4 Å². The first kappa shape index (κ1) is 14.8. The van der Waals surface area contributed by atoms with Crippen molar-refractivity contribution in [3.63, 3.8) is 0 Å². The number of benzene rings is 1. The molecule has 0 unspecified atom stereocenters. The number of halogens is 1. The van der Waals surface area contributed by atoms with Gasteiger partial charge in [0.25, 0.3) is 5.56 Å². The van der Waals surface area contributed by atoms with Crippen LogP contribution in [-0.2, 0) is 11.3 Å². The van der Waals surface area contributed by atoms with Gasteiger partial charge in [0.15, 0.2) is 0 Å². The number of hydrogen-bond acceptors (Lipinski definition) is 4. The van der Waals surface area contributed by atoms with E-state index in [-0.39, 0.29) is 11.9 Å². The molecule has 0 aliphatic heterocycles. The smallest absolute Gasteiger partial charge is 0.261 e. The number of aromatic nitrogens is 3. The highest BCUT2D eigenvalue weighted by atomic mass is 19.1. The van der Waals surface area contributed by atoms with Crippen LogP contribution >= 0.6 is 0 Å². The second kappa shape index (κ2) is 5.96. The molecular formula is C16H13FN4O2. The van der Waals surface area contributed by atoms with Gasteiger partial charge in [0.1, 0.15) is 24.0 Å². The molecule has 0 aliphatic rings. The predicted molar refractivity (Wildman–Crippen MR) is 83.6 cm³/mol. The van der Waals surface area contributed by atoms with E-state index in [9.17, 15) is 14.0 Å². The van der Waals surface area contributed by atoms with Crippen molar-refractivity contribution in [2.24, 2.45) is 0 Å². The molecule has 1 aromatic carbocycles. The van der Waals surface area contributed by atoms with E-state index in [1.165, 1.54) is 16.7 Å². The number of carbonyl (C=O) groups is 1. The fourth-order valence-corrected chi connectivity index (χ4v) is 2.25. The number of anilines is 1. The molecule has 3 aromatic rings. The van der Waals surface area contributed by atoms with Crippen LogP contribution in [0.2, 0.25) is 0 Å². The normalized spacial score (nSPS) is 10.7. The molecular weight excluding hydrogens is 299 g/mol. The molecule has 0 radical (unpaired) electrons. The summed E-state index contributed by atoms with van der Waals surface area (Å²) in [7, 11) is 0. The first-order valence-corrected chi connectivity index (χ1v) is 6.92. The van der Waals surface area contributed by atoms with Crippen LogP contribution in [0, 0.1) is 12.7 Å². The van der Waals surface area contributed by atoms with Crippen LogP contribution in [-0.4, -0.2) is 20.4 Å². The highest BCUT2D eigenvalue weighted by Gasteiger charge is 2.12. The van der Waals surface area contributed by atoms with Crippen LogP contribution in [0.25, 0.3) is 10.9 Å². The monoisotopic (exact) mass is 312 g/mol. The van der Waals surface area contributed by atoms with E-state index in [1.54, 1.807) is 31.3 Å². The number of nitrogens with zero attached hydrogens (tertiary/aromatic N) is 3. The molecule has 2 heterocycles. The lowest BCUT2D eigenvalue weighted by molar-refractivity contribution is -0.116. The molecule has 0 aliphatic carbocycles. The van der Waals surface area contributed by atoms with Gasteiger partial charge in [-0.15, -0.1) is 0 Å². The number of hydrogen-bond donors (Lipinski definition) is 1. The highest BCUT2D eigenvalue weighted by molar-refractivity contribution is 5.89. The zero-order valence-corrected chi connectivity index (χ0v) is 12.3. The highest BCUT2D eigenvalue weighted by Crippen LogP contribution is 2.10. The third-order valence-electron chi connectivity index (χ3n) is 3.34. The SMILES string of the molecule is Cc1nc2ccc(F)cc2c(=O)n1CC(=O)Nc1ccccn1. The van der Waals surface area contributed by atoms with Gasteiger partial charge < -0.3 is 5.32 Å². The molecule has 1 N–H and O–H groups in total. The molecule has 0 bridgehead atoms. The molecule has 0 atom stereocenters. The van der Waals surface area contributed by atoms with Crippen LogP contribution in [0.4, 0.5) is 10.2 Å². The molecule has 2 aromatic heterocycles. The summed E-state index contributed by atoms with van der Waals surface area (Å²) in [4.78, 5) is 32.7. The molecule has 6 nitrogen and oxygen atoms in total. The van der Waals surface area contributed by atoms with Crippen molar-refractivity contribution >= 4 is 22.6 Å². The number of amides is 1. The van der Waals surface area contributed by atoms with Crippen molar-refractivity contribution < 1.29 is 9.18 Å². The Labute approximate surface area is 130 Å². The first-order valence-electron chi connectivity index (χ1n) is 6.92. The van der Waals surface area contributed by atoms with Gasteiger partial charge in [-0.2, -0.15) is 0 Å². The van der Waals surface area contributed by atoms with Gasteiger partial charge in [0, 0.05) is 6.20 Å². The Morgan fingerprint density at radius 2 is 2.13 bits per heavy atom. The minimum absolute atomic E-state index is 0.140. The molecule has 7 heteroatoms. The lowest BCUT2D eigenvalue weighted by Crippen LogP contribution is -2.30. The van der Waals surface area contributed by atoms with Crippen molar-refractivity contribution in [1.29, 1.82) is 0 Å². The van der Waals surface area contributed by atoms with E-state index >= 15 is 0 Å². The average molecular weight is 312 g/mol. The number of pyridine rings is 1. The van der Waals surface area contributed by atoms with E-state index in [0.717, 1.165) is 6.07 Å². The lowest BCUT2D eigenvalue weighted by atomic mass is 10.2. The van der Waals surface area contributed by atoms with E-state index < -0.39 is 17.3 Å². The van der Waals surface area contributed by atoms with E-state index in [4.69, 9.17) is 0 Å². The molecule has 1 amide bonds. The van der Waals surface area contributed by atoms with E-state index in [2.05, 4.69) is 15.3 Å². The fraction of sp³-hybridized carbons (Fsp3) is 0.125. The van der Waals surface area contributed by atoms with Crippen LogP contribution in [0.3, 0.4) is 0 Å². The quantitative estimate of drug-likeness (QED) is 0.801. The minimum Gasteiger partial charge on any atom is -0.309 e. The summed E-state index contributed by atoms with van der Waals surface area (Å²) >= 11 is 0. The Hall–Kier alpha value is -3.09. The van der Waals surface area contributed by atoms with Gasteiger partial charge in [0.2, 0.25) is 5.91 Å². The third-order valence-corrected chi connectivity index (χ3v) is 3.34. The fourth-order valence-electron chi connectivity index (χ4n) is 2.25. The summed E-state index contributed by atoms with van der Waals surface area (Å²) in [6.07, 6.45) is 1.55. The maximum Gasteiger partial charge on any atom is 0.261 e. The summed E-state index contributed by atoms with van der Waals surface area (Å²) in [5.41, 5.74) is -0.0570. The first-order chi connectivity index (χ1) is 11.0. The summed E-state index contributed by atoms with van der Waals surface area (Å²) in [6.45, 7) is 1.40. The summed E-state index contributed by atoms with van der Waals surface area (Å²) in [5.74, 6) is -0.163. The maximum atomic E-state index is 13.3. The molecule has 23 heavy (non-hydrogen) atoms. The maximum absolute atomic E-state index is 13.3. The van der Waals surface area contributed by atoms with Crippen LogP contribution in [0.5, 0.6) is 0 Å². The predicted octanol–water partition coefficient (Wildman–Crippen LogP) is 1.88. The molecule has 0 spiro atoms. The van der Waals surface area contributed by atoms with Crippen molar-refractivity contribution in [2.75, 3.05) is 5.32 Å². The van der Waals surface area contributed by atoms with Gasteiger partial charge in [-0.1, -0.05) is 6.07 Å². The van der Waals surface area contributed by atoms with Crippen molar-refractivity contribution in [3.8, 4) is 0 Å². The Kier molecular flexibility index (Phi) is 3.84. The van der Waals surface area contributed by atoms with Gasteiger partial charge >= 0.3 is 0 Å². The number of carbonyl (C=O) groups excluding carboxylic acids is 1. The van der Waals surface area contributed by atoms with Gasteiger partial charge in [-0.05, 0) is 37.3 Å². The van der Waals surface area contributed by atoms with Gasteiger partial charge in [0.05, 0.1) is 10.9 Å². The summed E-state index contributed by atoms with van der Waals surface area (Å²) in [6, 6.07) is 8.91. The van der Waals surface area contributed by atoms with Crippen LogP contribution in [0.1, 0.15) is 5.82 Å². The minimum atomic E-state index is -0.523. The Balaban J connectivity index is 1.93. The van der Waals surface area contributed by atoms with Crippen molar-refractivity contribution in [2.45, 2.75) is 13.5 Å². The molecule has 3 rings (SSSR count). The van der Waals surface area contributed by atoms with Crippen molar-refractivity contribution in [1.82, 2.24) is 14.5 Å². The number of rotatable bonds is 3. The lowest BCUT2D eigenvalue weighted by Gasteiger charge is -2.10. The second-order valence-electron chi connectivity index (χ2n) is 4.97. The zero-order valence-electron chi connectivity index (χ0n) is 12.3. The topological polar surface area (TPSA) is 76.9 Å². The van der Waals surface area contributed by atoms with E-state index in [0.29, 0.717) is 17.2 Å². The Morgan fingerprint density at radius 1 is 1.30 bits per heavy atom. The van der Waals surface area contributed by atoms with Gasteiger partial charge in [-0.25, -0.2) is 14.4 Å². The zero-order chi connectivity index (χ0) is 16.4. The van der Waals surface area contributed by atoms with Crippen LogP contribution < -0.4 is 10.9 Å². The molecule has 0 saturated heterocycles. The van der Waals surface area contributed by atoms with Gasteiger partial charge in [-0.3, -0.25) is 14.2 Å². The Bertz CT molecular complexity index is 938. The second-order valence-corrected chi connectivity index (χ2v) is 4.97. The summed E-state index contributed by atoms with van der Waals surface area (Å²) < 4.78 is 14.5. The largest absolute Gasteiger partial charge is 0.309 e. The summed E-state index contributed by atoms with van der Waals surface area (Å²) in [5, 5.41) is 2.73. The number of fused-ring (bicyclic) bond motifs is 1. The Morgan fingerprint density at radius 3 is 2.87 bits per heavy atom. The molecule has 0 saturated carbocycles. The molecule has 0 fully saturated rings. The van der Waals surface area contributed by atoms with Crippen molar-refractivity contribution in [3.05, 3.63) is 64.6 Å². The average Bonchev–Trinajstić information content (AvgIpc) is 2.53. The standard InChI is InChI=1S/C16H13FN4O2/c1-10-19-13-6-5-11(17)8-12(13)16(23)21(10)9-15(22)20-14-4-2-3-7-18-14/h2-8H,9H2,1H3,(H,18,20,22). The van der Waals surface area contributed by atoms with E-state index in [1.807, 2.05) is 0 Å². The molecule has 116 valence electrons.